The second kappa shape index (κ2) is 5.18. The molecule has 0 radical (unpaired) electrons. The first-order valence-electron chi connectivity index (χ1n) is 4.02. The van der Waals surface area contributed by atoms with Crippen LogP contribution in [-0.4, -0.2) is 23.5 Å². The summed E-state index contributed by atoms with van der Waals surface area (Å²) in [7, 11) is 1.71. The van der Waals surface area contributed by atoms with Gasteiger partial charge in [-0.1, -0.05) is 12.1 Å². The van der Waals surface area contributed by atoms with Crippen molar-refractivity contribution < 1.29 is 5.11 Å². The van der Waals surface area contributed by atoms with Crippen molar-refractivity contribution >= 4 is 23.5 Å². The number of hydrogen-bond donors (Lipinski definition) is 3. The first-order chi connectivity index (χ1) is 6.72. The van der Waals surface area contributed by atoms with Gasteiger partial charge in [0, 0.05) is 7.05 Å². The number of nitrogens with one attached hydrogen (secondary N) is 2. The largest absolute Gasteiger partial charge is 0.508 e. The number of hydrogen-bond acceptors (Lipinski definition) is 3. The summed E-state index contributed by atoms with van der Waals surface area (Å²) in [6, 6.07) is 6.77. The third-order valence-electron chi connectivity index (χ3n) is 1.48. The van der Waals surface area contributed by atoms with Crippen LogP contribution in [-0.2, 0) is 0 Å². The van der Waals surface area contributed by atoms with E-state index < -0.39 is 0 Å². The van der Waals surface area contributed by atoms with Crippen molar-refractivity contribution in [3.63, 3.8) is 0 Å². The molecule has 0 aliphatic heterocycles. The molecule has 1 rings (SSSR count). The zero-order valence-corrected chi connectivity index (χ0v) is 8.51. The molecule has 74 valence electrons. The van der Waals surface area contributed by atoms with Crippen molar-refractivity contribution in [1.82, 2.24) is 10.7 Å². The van der Waals surface area contributed by atoms with Gasteiger partial charge in [0.15, 0.2) is 5.11 Å². The predicted octanol–water partition coefficient (Wildman–Crippen LogP) is 0.820. The number of phenols is 1. The standard InChI is InChI=1S/C9H11N3OS/c1-10-9(14)12-11-6-7-3-2-4-8(13)5-7/h2-6,13H,1H3,(H2,10,12,14). The van der Waals surface area contributed by atoms with Gasteiger partial charge < -0.3 is 10.4 Å². The lowest BCUT2D eigenvalue weighted by molar-refractivity contribution is 0.475. The van der Waals surface area contributed by atoms with E-state index in [1.165, 1.54) is 0 Å². The molecule has 0 fully saturated rings. The Bertz CT molecular complexity index is 352. The SMILES string of the molecule is CNC(=S)NN=Cc1cccc(O)c1. The van der Waals surface area contributed by atoms with Crippen LogP contribution in [0.3, 0.4) is 0 Å². The van der Waals surface area contributed by atoms with E-state index in [0.717, 1.165) is 5.56 Å². The summed E-state index contributed by atoms with van der Waals surface area (Å²) >= 11 is 4.81. The molecule has 0 saturated carbocycles. The molecule has 0 atom stereocenters. The average molecular weight is 209 g/mol. The molecular weight excluding hydrogens is 198 g/mol. The van der Waals surface area contributed by atoms with Gasteiger partial charge in [0.25, 0.3) is 0 Å². The Labute approximate surface area is 87.6 Å². The smallest absolute Gasteiger partial charge is 0.186 e. The van der Waals surface area contributed by atoms with Gasteiger partial charge in [-0.2, -0.15) is 5.10 Å². The molecule has 4 nitrogen and oxygen atoms in total. The first-order valence-corrected chi connectivity index (χ1v) is 4.43. The lowest BCUT2D eigenvalue weighted by Gasteiger charge is -1.99. The highest BCUT2D eigenvalue weighted by Gasteiger charge is 1.90. The van der Waals surface area contributed by atoms with Gasteiger partial charge in [0.2, 0.25) is 0 Å². The molecule has 1 aromatic carbocycles. The second-order valence-electron chi connectivity index (χ2n) is 2.54. The van der Waals surface area contributed by atoms with Gasteiger partial charge in [-0.05, 0) is 29.9 Å². The van der Waals surface area contributed by atoms with Crippen LogP contribution < -0.4 is 10.7 Å². The maximum atomic E-state index is 9.15. The van der Waals surface area contributed by atoms with E-state index in [0.29, 0.717) is 5.11 Å². The summed E-state index contributed by atoms with van der Waals surface area (Å²) in [5, 5.41) is 16.2. The molecule has 3 N–H and O–H groups in total. The molecule has 5 heteroatoms. The summed E-state index contributed by atoms with van der Waals surface area (Å²) in [6.45, 7) is 0. The molecule has 0 spiro atoms. The zero-order valence-electron chi connectivity index (χ0n) is 7.69. The Morgan fingerprint density at radius 3 is 3.00 bits per heavy atom. The molecule has 0 unspecified atom stereocenters. The van der Waals surface area contributed by atoms with Crippen LogP contribution in [0, 0.1) is 0 Å². The van der Waals surface area contributed by atoms with Crippen molar-refractivity contribution in [1.29, 1.82) is 0 Å². The normalized spacial score (nSPS) is 10.1. The highest BCUT2D eigenvalue weighted by molar-refractivity contribution is 7.80. The third kappa shape index (κ3) is 3.40. The maximum Gasteiger partial charge on any atom is 0.186 e. The Kier molecular flexibility index (Phi) is 3.87. The Morgan fingerprint density at radius 2 is 2.36 bits per heavy atom. The van der Waals surface area contributed by atoms with E-state index in [1.807, 2.05) is 6.07 Å². The summed E-state index contributed by atoms with van der Waals surface area (Å²) < 4.78 is 0. The third-order valence-corrected chi connectivity index (χ3v) is 1.77. The number of aromatic hydroxyl groups is 1. The summed E-state index contributed by atoms with van der Waals surface area (Å²) in [5.74, 6) is 0.213. The van der Waals surface area contributed by atoms with Crippen molar-refractivity contribution in [3.05, 3.63) is 29.8 Å². The average Bonchev–Trinajstić information content (AvgIpc) is 2.17. The van der Waals surface area contributed by atoms with Crippen molar-refractivity contribution in [3.8, 4) is 5.75 Å². The molecule has 1 aromatic rings. The fraction of sp³-hybridized carbons (Fsp3) is 0.111. The molecule has 0 bridgehead atoms. The van der Waals surface area contributed by atoms with Crippen LogP contribution in [0.25, 0.3) is 0 Å². The van der Waals surface area contributed by atoms with Crippen LogP contribution in [0.5, 0.6) is 5.75 Å². The number of hydrazone groups is 1. The quantitative estimate of drug-likeness (QED) is 0.383. The van der Waals surface area contributed by atoms with E-state index in [1.54, 1.807) is 31.5 Å². The fourth-order valence-electron chi connectivity index (χ4n) is 0.826. The summed E-state index contributed by atoms with van der Waals surface area (Å²) in [5.41, 5.74) is 3.41. The van der Waals surface area contributed by atoms with E-state index in [9.17, 15) is 0 Å². The number of benzene rings is 1. The lowest BCUT2D eigenvalue weighted by atomic mass is 10.2. The van der Waals surface area contributed by atoms with Gasteiger partial charge in [0.05, 0.1) is 6.21 Å². The summed E-state index contributed by atoms with van der Waals surface area (Å²) in [6.07, 6.45) is 1.57. The second-order valence-corrected chi connectivity index (χ2v) is 2.95. The molecule has 0 saturated heterocycles. The highest BCUT2D eigenvalue weighted by Crippen LogP contribution is 2.08. The van der Waals surface area contributed by atoms with Gasteiger partial charge in [-0.3, -0.25) is 5.43 Å². The van der Waals surface area contributed by atoms with Gasteiger partial charge in [-0.25, -0.2) is 0 Å². The van der Waals surface area contributed by atoms with Crippen LogP contribution >= 0.6 is 12.2 Å². The van der Waals surface area contributed by atoms with Crippen molar-refractivity contribution in [2.75, 3.05) is 7.05 Å². The van der Waals surface area contributed by atoms with Crippen LogP contribution in [0.4, 0.5) is 0 Å². The number of phenolic OH excluding ortho intramolecular Hbond substituents is 1. The monoisotopic (exact) mass is 209 g/mol. The molecular formula is C9H11N3OS. The predicted molar refractivity (Wildman–Crippen MR) is 60.5 cm³/mol. The highest BCUT2D eigenvalue weighted by atomic mass is 32.1. The Morgan fingerprint density at radius 1 is 1.57 bits per heavy atom. The van der Waals surface area contributed by atoms with E-state index in [-0.39, 0.29) is 5.75 Å². The molecule has 0 amide bonds. The Balaban J connectivity index is 2.56. The van der Waals surface area contributed by atoms with E-state index in [4.69, 9.17) is 17.3 Å². The number of nitrogens with zero attached hydrogens (tertiary/aromatic N) is 1. The van der Waals surface area contributed by atoms with Crippen molar-refractivity contribution in [2.45, 2.75) is 0 Å². The first kappa shape index (κ1) is 10.5. The van der Waals surface area contributed by atoms with Gasteiger partial charge >= 0.3 is 0 Å². The van der Waals surface area contributed by atoms with Crippen LogP contribution in [0.2, 0.25) is 0 Å². The minimum atomic E-state index is 0.213. The minimum absolute atomic E-state index is 0.213. The van der Waals surface area contributed by atoms with E-state index >= 15 is 0 Å². The summed E-state index contributed by atoms with van der Waals surface area (Å²) in [4.78, 5) is 0. The van der Waals surface area contributed by atoms with Crippen molar-refractivity contribution in [2.24, 2.45) is 5.10 Å². The van der Waals surface area contributed by atoms with Crippen LogP contribution in [0.15, 0.2) is 29.4 Å². The van der Waals surface area contributed by atoms with Gasteiger partial charge in [0.1, 0.15) is 5.75 Å². The molecule has 0 aliphatic carbocycles. The maximum absolute atomic E-state index is 9.15. The fourth-order valence-corrected chi connectivity index (χ4v) is 0.879. The van der Waals surface area contributed by atoms with Crippen LogP contribution in [0.1, 0.15) is 5.56 Å². The molecule has 0 aromatic heterocycles. The zero-order chi connectivity index (χ0) is 10.4. The topological polar surface area (TPSA) is 56.7 Å². The Hall–Kier alpha value is -1.62. The lowest BCUT2D eigenvalue weighted by Crippen LogP contribution is -2.28. The number of thiocarbonyl (C=S) groups is 1. The molecule has 0 heterocycles. The number of rotatable bonds is 2. The minimum Gasteiger partial charge on any atom is -0.508 e. The van der Waals surface area contributed by atoms with E-state index in [2.05, 4.69) is 15.8 Å². The molecule has 14 heavy (non-hydrogen) atoms. The molecule has 0 aliphatic rings. The van der Waals surface area contributed by atoms with Gasteiger partial charge in [-0.15, -0.1) is 0 Å².